The summed E-state index contributed by atoms with van der Waals surface area (Å²) in [5.74, 6) is 0.331. The minimum absolute atomic E-state index is 0.00220. The van der Waals surface area contributed by atoms with E-state index in [-0.39, 0.29) is 29.7 Å². The van der Waals surface area contributed by atoms with E-state index in [1.165, 1.54) is 0 Å². The largest absolute Gasteiger partial charge is 0.348 e. The number of benzene rings is 1. The van der Waals surface area contributed by atoms with Gasteiger partial charge in [-0.25, -0.2) is 0 Å². The molecule has 3 amide bonds. The van der Waals surface area contributed by atoms with Crippen LogP contribution in [0.5, 0.6) is 0 Å². The monoisotopic (exact) mass is 371 g/mol. The van der Waals surface area contributed by atoms with E-state index >= 15 is 0 Å². The third-order valence-corrected chi connectivity index (χ3v) is 5.18. The van der Waals surface area contributed by atoms with Crippen LogP contribution in [0.4, 0.5) is 5.69 Å². The third kappa shape index (κ3) is 5.55. The lowest BCUT2D eigenvalue weighted by molar-refractivity contribution is -0.133. The van der Waals surface area contributed by atoms with Crippen LogP contribution in [0.25, 0.3) is 0 Å². The summed E-state index contributed by atoms with van der Waals surface area (Å²) >= 11 is 0. The number of piperidine rings is 1. The van der Waals surface area contributed by atoms with Gasteiger partial charge in [0, 0.05) is 42.7 Å². The Bertz CT molecular complexity index is 682. The van der Waals surface area contributed by atoms with E-state index in [9.17, 15) is 14.4 Å². The number of nitrogens with zero attached hydrogens (tertiary/aromatic N) is 1. The van der Waals surface area contributed by atoms with E-state index < -0.39 is 0 Å². The number of rotatable bonds is 7. The van der Waals surface area contributed by atoms with E-state index in [2.05, 4.69) is 10.6 Å². The molecule has 2 N–H and O–H groups in total. The second-order valence-electron chi connectivity index (χ2n) is 7.60. The highest BCUT2D eigenvalue weighted by Crippen LogP contribution is 2.31. The first kappa shape index (κ1) is 19.4. The fraction of sp³-hybridized carbons (Fsp3) is 0.571. The van der Waals surface area contributed by atoms with Crippen LogP contribution < -0.4 is 10.6 Å². The molecule has 1 aromatic carbocycles. The van der Waals surface area contributed by atoms with Crippen molar-refractivity contribution in [3.8, 4) is 0 Å². The average molecular weight is 371 g/mol. The van der Waals surface area contributed by atoms with Gasteiger partial charge in [0.05, 0.1) is 0 Å². The average Bonchev–Trinajstić information content (AvgIpc) is 3.52. The van der Waals surface area contributed by atoms with Crippen molar-refractivity contribution >= 4 is 23.4 Å². The Morgan fingerprint density at radius 3 is 2.52 bits per heavy atom. The lowest BCUT2D eigenvalue weighted by Gasteiger charge is -2.33. The summed E-state index contributed by atoms with van der Waals surface area (Å²) < 4.78 is 0. The molecular formula is C21H29N3O3. The quantitative estimate of drug-likeness (QED) is 0.773. The SMILES string of the molecule is CCCCC(=O)Nc1ccc(C(=O)N[C@H]2CCCN(C(=O)C3CC3)C2)cc1. The Labute approximate surface area is 160 Å². The maximum absolute atomic E-state index is 12.5. The molecule has 1 aromatic rings. The van der Waals surface area contributed by atoms with Crippen molar-refractivity contribution in [1.29, 1.82) is 0 Å². The maximum Gasteiger partial charge on any atom is 0.251 e. The first-order valence-corrected chi connectivity index (χ1v) is 10.1. The minimum atomic E-state index is -0.135. The molecule has 2 aliphatic rings. The van der Waals surface area contributed by atoms with Crippen molar-refractivity contribution in [1.82, 2.24) is 10.2 Å². The number of likely N-dealkylation sites (tertiary alicyclic amines) is 1. The number of nitrogens with one attached hydrogen (secondary N) is 2. The highest BCUT2D eigenvalue weighted by Gasteiger charge is 2.35. The van der Waals surface area contributed by atoms with Crippen LogP contribution in [0.1, 0.15) is 62.2 Å². The molecule has 0 unspecified atom stereocenters. The van der Waals surface area contributed by atoms with Crippen molar-refractivity contribution in [3.63, 3.8) is 0 Å². The Kier molecular flexibility index (Phi) is 6.48. The van der Waals surface area contributed by atoms with Crippen LogP contribution in [0, 0.1) is 5.92 Å². The standard InChI is InChI=1S/C21H29N3O3/c1-2-3-6-19(25)22-17-11-9-15(10-12-17)20(26)23-18-5-4-13-24(14-18)21(27)16-7-8-16/h9-12,16,18H,2-8,13-14H2,1H3,(H,22,25)(H,23,26)/t18-/m0/s1. The van der Waals surface area contributed by atoms with Crippen LogP contribution in [-0.2, 0) is 9.59 Å². The Morgan fingerprint density at radius 2 is 1.85 bits per heavy atom. The molecular weight excluding hydrogens is 342 g/mol. The zero-order chi connectivity index (χ0) is 19.2. The maximum atomic E-state index is 12.5. The molecule has 1 heterocycles. The first-order chi connectivity index (χ1) is 13.1. The molecule has 0 spiro atoms. The second-order valence-corrected chi connectivity index (χ2v) is 7.60. The smallest absolute Gasteiger partial charge is 0.251 e. The van der Waals surface area contributed by atoms with E-state index in [1.54, 1.807) is 24.3 Å². The molecule has 2 fully saturated rings. The molecule has 146 valence electrons. The third-order valence-electron chi connectivity index (χ3n) is 5.18. The van der Waals surface area contributed by atoms with Crippen LogP contribution in [-0.4, -0.2) is 41.8 Å². The number of unbranched alkanes of at least 4 members (excludes halogenated alkanes) is 1. The van der Waals surface area contributed by atoms with Gasteiger partial charge in [0.1, 0.15) is 0 Å². The van der Waals surface area contributed by atoms with Gasteiger partial charge in [-0.15, -0.1) is 0 Å². The molecule has 0 bridgehead atoms. The summed E-state index contributed by atoms with van der Waals surface area (Å²) in [5.41, 5.74) is 1.26. The number of anilines is 1. The van der Waals surface area contributed by atoms with Crippen molar-refractivity contribution in [2.45, 2.75) is 57.9 Å². The molecule has 1 atom stereocenters. The van der Waals surface area contributed by atoms with E-state index in [1.807, 2.05) is 11.8 Å². The summed E-state index contributed by atoms with van der Waals surface area (Å²) in [6.07, 6.45) is 6.20. The zero-order valence-electron chi connectivity index (χ0n) is 16.0. The molecule has 6 heteroatoms. The summed E-state index contributed by atoms with van der Waals surface area (Å²) in [5, 5.41) is 5.89. The first-order valence-electron chi connectivity index (χ1n) is 10.1. The van der Waals surface area contributed by atoms with Gasteiger partial charge in [-0.3, -0.25) is 14.4 Å². The van der Waals surface area contributed by atoms with E-state index in [0.717, 1.165) is 45.1 Å². The van der Waals surface area contributed by atoms with E-state index in [4.69, 9.17) is 0 Å². The van der Waals surface area contributed by atoms with Gasteiger partial charge in [-0.05, 0) is 56.4 Å². The fourth-order valence-electron chi connectivity index (χ4n) is 3.42. The van der Waals surface area contributed by atoms with Gasteiger partial charge in [0.15, 0.2) is 0 Å². The van der Waals surface area contributed by atoms with Crippen molar-refractivity contribution in [3.05, 3.63) is 29.8 Å². The van der Waals surface area contributed by atoms with Crippen LogP contribution in [0.2, 0.25) is 0 Å². The van der Waals surface area contributed by atoms with Crippen LogP contribution >= 0.6 is 0 Å². The molecule has 1 aliphatic carbocycles. The van der Waals surface area contributed by atoms with Gasteiger partial charge < -0.3 is 15.5 Å². The number of hydrogen-bond acceptors (Lipinski definition) is 3. The lowest BCUT2D eigenvalue weighted by atomic mass is 10.0. The summed E-state index contributed by atoms with van der Waals surface area (Å²) in [7, 11) is 0. The minimum Gasteiger partial charge on any atom is -0.348 e. The molecule has 6 nitrogen and oxygen atoms in total. The van der Waals surface area contributed by atoms with Gasteiger partial charge in [-0.1, -0.05) is 13.3 Å². The summed E-state index contributed by atoms with van der Waals surface area (Å²) in [4.78, 5) is 38.4. The molecule has 0 aromatic heterocycles. The van der Waals surface area contributed by atoms with Gasteiger partial charge in [0.2, 0.25) is 11.8 Å². The Hall–Kier alpha value is -2.37. The summed E-state index contributed by atoms with van der Waals surface area (Å²) in [6.45, 7) is 3.45. The molecule has 0 radical (unpaired) electrons. The van der Waals surface area contributed by atoms with Gasteiger partial charge >= 0.3 is 0 Å². The zero-order valence-corrected chi connectivity index (χ0v) is 16.0. The number of hydrogen-bond donors (Lipinski definition) is 2. The predicted molar refractivity (Wildman–Crippen MR) is 104 cm³/mol. The lowest BCUT2D eigenvalue weighted by Crippen LogP contribution is -2.50. The number of carbonyl (C=O) groups excluding carboxylic acids is 3. The molecule has 3 rings (SSSR count). The molecule has 1 saturated carbocycles. The topological polar surface area (TPSA) is 78.5 Å². The summed E-state index contributed by atoms with van der Waals surface area (Å²) in [6, 6.07) is 6.95. The van der Waals surface area contributed by atoms with Crippen molar-refractivity contribution in [2.24, 2.45) is 5.92 Å². The number of amides is 3. The predicted octanol–water partition coefficient (Wildman–Crippen LogP) is 2.95. The van der Waals surface area contributed by atoms with Crippen LogP contribution in [0.3, 0.4) is 0 Å². The molecule has 1 aliphatic heterocycles. The van der Waals surface area contributed by atoms with E-state index in [0.29, 0.717) is 24.2 Å². The molecule has 27 heavy (non-hydrogen) atoms. The van der Waals surface area contributed by atoms with Crippen molar-refractivity contribution < 1.29 is 14.4 Å². The highest BCUT2D eigenvalue weighted by atomic mass is 16.2. The van der Waals surface area contributed by atoms with Crippen molar-refractivity contribution in [2.75, 3.05) is 18.4 Å². The molecule has 1 saturated heterocycles. The normalized spacial score (nSPS) is 19.4. The van der Waals surface area contributed by atoms with Gasteiger partial charge in [0.25, 0.3) is 5.91 Å². The van der Waals surface area contributed by atoms with Gasteiger partial charge in [-0.2, -0.15) is 0 Å². The fourth-order valence-corrected chi connectivity index (χ4v) is 3.42. The Morgan fingerprint density at radius 1 is 1.11 bits per heavy atom. The van der Waals surface area contributed by atoms with Crippen LogP contribution in [0.15, 0.2) is 24.3 Å². The Balaban J connectivity index is 1.50. The highest BCUT2D eigenvalue weighted by molar-refractivity contribution is 5.96. The second kappa shape index (κ2) is 9.02. The number of carbonyl (C=O) groups is 3.